The van der Waals surface area contributed by atoms with Gasteiger partial charge in [-0.15, -0.1) is 0 Å². The molecule has 15 heavy (non-hydrogen) atoms. The molecule has 0 bridgehead atoms. The Morgan fingerprint density at radius 3 is 2.27 bits per heavy atom. The molecular formula is C13H10O2. The van der Waals surface area contributed by atoms with Gasteiger partial charge in [0.05, 0.1) is 6.61 Å². The Hall–Kier alpha value is -2.10. The molecule has 0 saturated carbocycles. The first-order valence-electron chi connectivity index (χ1n) is 4.22. The van der Waals surface area contributed by atoms with Gasteiger partial charge in [0.15, 0.2) is 0 Å². The van der Waals surface area contributed by atoms with Crippen molar-refractivity contribution in [2.24, 2.45) is 0 Å². The zero-order valence-corrected chi connectivity index (χ0v) is 8.33. The van der Waals surface area contributed by atoms with Crippen LogP contribution in [-0.4, -0.2) is 22.9 Å². The number of aliphatic hydroxyl groups is 2. The molecule has 0 amide bonds. The number of hydrogen-bond donors (Lipinski definition) is 2. The van der Waals surface area contributed by atoms with E-state index in [1.807, 2.05) is 13.0 Å². The van der Waals surface area contributed by atoms with E-state index >= 15 is 0 Å². The van der Waals surface area contributed by atoms with Gasteiger partial charge < -0.3 is 10.2 Å². The van der Waals surface area contributed by atoms with Crippen molar-refractivity contribution in [2.45, 2.75) is 13.0 Å². The Morgan fingerprint density at radius 2 is 1.67 bits per heavy atom. The highest BCUT2D eigenvalue weighted by Gasteiger charge is 1.90. The van der Waals surface area contributed by atoms with Gasteiger partial charge >= 0.3 is 0 Å². The topological polar surface area (TPSA) is 40.5 Å². The second kappa shape index (κ2) is 9.98. The molecule has 0 saturated heterocycles. The minimum absolute atomic E-state index is 0.394. The maximum Gasteiger partial charge on any atom is 0.138 e. The lowest BCUT2D eigenvalue weighted by atomic mass is 10.4. The Kier molecular flexibility index (Phi) is 8.59. The van der Waals surface area contributed by atoms with Crippen LogP contribution >= 0.6 is 0 Å². The largest absolute Gasteiger partial charge is 0.393 e. The molecule has 0 aromatic rings. The number of hydrogen-bond acceptors (Lipinski definition) is 2. The van der Waals surface area contributed by atoms with Gasteiger partial charge in [-0.2, -0.15) is 0 Å². The van der Waals surface area contributed by atoms with Crippen molar-refractivity contribution in [1.82, 2.24) is 0 Å². The molecule has 0 aliphatic heterocycles. The molecule has 2 nitrogen and oxygen atoms in total. The zero-order chi connectivity index (χ0) is 11.4. The predicted molar refractivity (Wildman–Crippen MR) is 59.0 cm³/mol. The van der Waals surface area contributed by atoms with E-state index < -0.39 is 12.7 Å². The van der Waals surface area contributed by atoms with Crippen molar-refractivity contribution in [3.63, 3.8) is 0 Å². The fourth-order valence-corrected chi connectivity index (χ4v) is 0.451. The molecule has 2 N–H and O–H groups in total. The number of aliphatic hydroxyl groups excluding tert-OH is 2. The second-order valence-electron chi connectivity index (χ2n) is 2.24. The minimum Gasteiger partial charge on any atom is -0.393 e. The molecule has 0 fully saturated rings. The Labute approximate surface area is 90.0 Å². The van der Waals surface area contributed by atoms with E-state index in [1.54, 1.807) is 6.08 Å². The van der Waals surface area contributed by atoms with E-state index in [0.717, 1.165) is 0 Å². The van der Waals surface area contributed by atoms with Crippen LogP contribution in [0.2, 0.25) is 0 Å². The zero-order valence-electron chi connectivity index (χ0n) is 8.33. The molecule has 0 unspecified atom stereocenters. The van der Waals surface area contributed by atoms with Crippen LogP contribution in [0.4, 0.5) is 0 Å². The van der Waals surface area contributed by atoms with Crippen LogP contribution in [-0.2, 0) is 0 Å². The summed E-state index contributed by atoms with van der Waals surface area (Å²) in [4.78, 5) is 0. The third-order valence-corrected chi connectivity index (χ3v) is 1.05. The molecule has 1 atom stereocenters. The van der Waals surface area contributed by atoms with Crippen LogP contribution in [0.1, 0.15) is 6.92 Å². The third kappa shape index (κ3) is 9.82. The van der Waals surface area contributed by atoms with Gasteiger partial charge in [0.2, 0.25) is 0 Å². The molecule has 74 valence electrons. The molecule has 2 heteroatoms. The summed E-state index contributed by atoms with van der Waals surface area (Å²) in [6.07, 6.45) is 2.45. The SMILES string of the molecule is C/C=C/C#CC#CC#CC#C[C@@H](O)CO. The van der Waals surface area contributed by atoms with Gasteiger partial charge in [0.25, 0.3) is 0 Å². The highest BCUT2D eigenvalue weighted by Crippen LogP contribution is 1.72. The maximum absolute atomic E-state index is 8.80. The Morgan fingerprint density at radius 1 is 1.07 bits per heavy atom. The van der Waals surface area contributed by atoms with Crippen molar-refractivity contribution in [2.75, 3.05) is 6.61 Å². The smallest absolute Gasteiger partial charge is 0.138 e. The summed E-state index contributed by atoms with van der Waals surface area (Å²) >= 11 is 0. The first-order valence-corrected chi connectivity index (χ1v) is 4.22. The third-order valence-electron chi connectivity index (χ3n) is 1.05. The molecule has 0 aliphatic carbocycles. The average Bonchev–Trinajstić information content (AvgIpc) is 2.26. The average molecular weight is 198 g/mol. The fraction of sp³-hybridized carbons (Fsp3) is 0.231. The van der Waals surface area contributed by atoms with Crippen LogP contribution in [0.15, 0.2) is 12.2 Å². The lowest BCUT2D eigenvalue weighted by Gasteiger charge is -1.90. The van der Waals surface area contributed by atoms with Gasteiger partial charge in [0.1, 0.15) is 6.10 Å². The summed E-state index contributed by atoms with van der Waals surface area (Å²) in [5.41, 5.74) is 0. The first kappa shape index (κ1) is 12.9. The standard InChI is InChI=1S/C13H10O2/c1-2-3-4-5-6-7-8-9-10-11-13(15)12-14/h2-3,13-15H,12H2,1H3/b3-2+/t13-/m1/s1. The molecule has 0 aromatic carbocycles. The summed E-state index contributed by atoms with van der Waals surface area (Å²) in [6.45, 7) is 1.47. The van der Waals surface area contributed by atoms with Crippen molar-refractivity contribution in [3.8, 4) is 47.4 Å². The van der Waals surface area contributed by atoms with Crippen molar-refractivity contribution >= 4 is 0 Å². The number of rotatable bonds is 1. The first-order chi connectivity index (χ1) is 7.31. The van der Waals surface area contributed by atoms with Crippen LogP contribution in [0.5, 0.6) is 0 Å². The maximum atomic E-state index is 8.80. The van der Waals surface area contributed by atoms with E-state index in [-0.39, 0.29) is 0 Å². The van der Waals surface area contributed by atoms with Crippen molar-refractivity contribution in [3.05, 3.63) is 12.2 Å². The van der Waals surface area contributed by atoms with E-state index in [4.69, 9.17) is 10.2 Å². The van der Waals surface area contributed by atoms with E-state index in [0.29, 0.717) is 0 Å². The Balaban J connectivity index is 4.10. The van der Waals surface area contributed by atoms with E-state index in [1.165, 1.54) is 0 Å². The van der Waals surface area contributed by atoms with E-state index in [2.05, 4.69) is 47.4 Å². The second-order valence-corrected chi connectivity index (χ2v) is 2.24. The normalized spacial score (nSPS) is 9.27. The van der Waals surface area contributed by atoms with Crippen LogP contribution in [0.25, 0.3) is 0 Å². The summed E-state index contributed by atoms with van der Waals surface area (Å²) in [6, 6.07) is 0. The van der Waals surface area contributed by atoms with Crippen LogP contribution in [0.3, 0.4) is 0 Å². The van der Waals surface area contributed by atoms with Crippen LogP contribution < -0.4 is 0 Å². The fourth-order valence-electron chi connectivity index (χ4n) is 0.451. The predicted octanol–water partition coefficient (Wildman–Crippen LogP) is -0.0707. The van der Waals surface area contributed by atoms with Crippen molar-refractivity contribution in [1.29, 1.82) is 0 Å². The summed E-state index contributed by atoms with van der Waals surface area (Å²) in [7, 11) is 0. The van der Waals surface area contributed by atoms with Gasteiger partial charge in [-0.05, 0) is 48.5 Å². The summed E-state index contributed by atoms with van der Waals surface area (Å²) in [5.74, 6) is 19.7. The quantitative estimate of drug-likeness (QED) is 0.579. The van der Waals surface area contributed by atoms with E-state index in [9.17, 15) is 0 Å². The number of allylic oxidation sites excluding steroid dienone is 2. The molecule has 0 aromatic heterocycles. The molecular weight excluding hydrogens is 188 g/mol. The van der Waals surface area contributed by atoms with Gasteiger partial charge in [-0.25, -0.2) is 0 Å². The van der Waals surface area contributed by atoms with Crippen LogP contribution in [0, 0.1) is 47.4 Å². The summed E-state index contributed by atoms with van der Waals surface area (Å²) < 4.78 is 0. The monoisotopic (exact) mass is 198 g/mol. The minimum atomic E-state index is -1.04. The molecule has 0 spiro atoms. The highest BCUT2D eigenvalue weighted by molar-refractivity contribution is 5.41. The molecule has 0 heterocycles. The molecule has 0 rings (SSSR count). The lowest BCUT2D eigenvalue weighted by Crippen LogP contribution is -2.07. The Bertz CT molecular complexity index is 442. The van der Waals surface area contributed by atoms with Crippen molar-refractivity contribution < 1.29 is 10.2 Å². The molecule has 0 aliphatic rings. The summed E-state index contributed by atoms with van der Waals surface area (Å²) in [5, 5.41) is 17.2. The molecule has 0 radical (unpaired) electrons. The van der Waals surface area contributed by atoms with Gasteiger partial charge in [-0.1, -0.05) is 17.9 Å². The lowest BCUT2D eigenvalue weighted by molar-refractivity contribution is 0.138. The highest BCUT2D eigenvalue weighted by atomic mass is 16.3. The van der Waals surface area contributed by atoms with Gasteiger partial charge in [-0.3, -0.25) is 0 Å². The van der Waals surface area contributed by atoms with Gasteiger partial charge in [0, 0.05) is 0 Å².